The van der Waals surface area contributed by atoms with E-state index in [1.54, 1.807) is 18.2 Å². The van der Waals surface area contributed by atoms with E-state index in [1.165, 1.54) is 10.7 Å². The third-order valence-electron chi connectivity index (χ3n) is 3.19. The summed E-state index contributed by atoms with van der Waals surface area (Å²) in [6.45, 7) is 3.44. The Morgan fingerprint density at radius 3 is 2.72 bits per heavy atom. The first-order valence-electron chi connectivity index (χ1n) is 7.69. The number of benzene rings is 1. The normalized spacial score (nSPS) is 10.9. The SMILES string of the molecule is CC(C)c1nc(C(=O)NCCOCC(=O)O)nn1-c1ccccc1F. The van der Waals surface area contributed by atoms with Crippen LogP contribution < -0.4 is 5.32 Å². The van der Waals surface area contributed by atoms with E-state index in [0.717, 1.165) is 0 Å². The minimum atomic E-state index is -1.09. The lowest BCUT2D eigenvalue weighted by Crippen LogP contribution is -2.29. The number of para-hydroxylation sites is 1. The van der Waals surface area contributed by atoms with Crippen LogP contribution in [0.1, 0.15) is 36.2 Å². The van der Waals surface area contributed by atoms with Gasteiger partial charge in [-0.3, -0.25) is 4.79 Å². The van der Waals surface area contributed by atoms with Crippen LogP contribution in [0, 0.1) is 5.82 Å². The van der Waals surface area contributed by atoms with Crippen LogP contribution in [0.15, 0.2) is 24.3 Å². The summed E-state index contributed by atoms with van der Waals surface area (Å²) in [5.74, 6) is -1.81. The number of nitrogens with one attached hydrogen (secondary N) is 1. The number of nitrogens with zero attached hydrogens (tertiary/aromatic N) is 3. The van der Waals surface area contributed by atoms with Gasteiger partial charge in [-0.1, -0.05) is 26.0 Å². The number of hydrogen-bond donors (Lipinski definition) is 2. The summed E-state index contributed by atoms with van der Waals surface area (Å²) < 4.78 is 20.2. The van der Waals surface area contributed by atoms with Crippen LogP contribution in [0.2, 0.25) is 0 Å². The second-order valence-electron chi connectivity index (χ2n) is 5.51. The monoisotopic (exact) mass is 350 g/mol. The molecular weight excluding hydrogens is 331 g/mol. The van der Waals surface area contributed by atoms with Gasteiger partial charge in [-0.25, -0.2) is 18.9 Å². The van der Waals surface area contributed by atoms with Gasteiger partial charge in [0.05, 0.1) is 6.61 Å². The fourth-order valence-corrected chi connectivity index (χ4v) is 2.07. The number of ether oxygens (including phenoxy) is 1. The largest absolute Gasteiger partial charge is 0.480 e. The van der Waals surface area contributed by atoms with Crippen LogP contribution in [-0.4, -0.2) is 51.5 Å². The molecule has 25 heavy (non-hydrogen) atoms. The average molecular weight is 350 g/mol. The fraction of sp³-hybridized carbons (Fsp3) is 0.375. The lowest BCUT2D eigenvalue weighted by Gasteiger charge is -2.08. The van der Waals surface area contributed by atoms with E-state index in [0.29, 0.717) is 5.82 Å². The van der Waals surface area contributed by atoms with Crippen molar-refractivity contribution < 1.29 is 23.8 Å². The molecule has 2 N–H and O–H groups in total. The maximum absolute atomic E-state index is 14.0. The summed E-state index contributed by atoms with van der Waals surface area (Å²) in [4.78, 5) is 26.6. The number of halogens is 1. The van der Waals surface area contributed by atoms with Crippen LogP contribution >= 0.6 is 0 Å². The van der Waals surface area contributed by atoms with Crippen molar-refractivity contribution in [3.63, 3.8) is 0 Å². The standard InChI is InChI=1S/C16H19FN4O4/c1-10(2)15-19-14(16(24)18-7-8-25-9-13(22)23)20-21(15)12-6-4-3-5-11(12)17/h3-6,10H,7-9H2,1-2H3,(H,18,24)(H,22,23). The number of rotatable bonds is 8. The Bertz CT molecular complexity index is 760. The zero-order valence-electron chi connectivity index (χ0n) is 13.9. The second kappa shape index (κ2) is 8.34. The van der Waals surface area contributed by atoms with Gasteiger partial charge < -0.3 is 15.2 Å². The van der Waals surface area contributed by atoms with Crippen molar-refractivity contribution in [3.05, 3.63) is 41.7 Å². The quantitative estimate of drug-likeness (QED) is 0.696. The third-order valence-corrected chi connectivity index (χ3v) is 3.19. The summed E-state index contributed by atoms with van der Waals surface area (Å²) in [6, 6.07) is 6.09. The lowest BCUT2D eigenvalue weighted by molar-refractivity contribution is -0.142. The van der Waals surface area contributed by atoms with Gasteiger partial charge in [0.2, 0.25) is 5.82 Å². The van der Waals surface area contributed by atoms with Gasteiger partial charge in [0.1, 0.15) is 23.9 Å². The van der Waals surface area contributed by atoms with Gasteiger partial charge in [-0.2, -0.15) is 0 Å². The van der Waals surface area contributed by atoms with E-state index in [4.69, 9.17) is 9.84 Å². The van der Waals surface area contributed by atoms with Crippen LogP contribution in [-0.2, 0) is 9.53 Å². The zero-order valence-corrected chi connectivity index (χ0v) is 13.9. The van der Waals surface area contributed by atoms with Gasteiger partial charge >= 0.3 is 5.97 Å². The molecule has 1 heterocycles. The molecule has 0 aliphatic carbocycles. The van der Waals surface area contributed by atoms with Crippen molar-refractivity contribution in [2.24, 2.45) is 0 Å². The summed E-state index contributed by atoms with van der Waals surface area (Å²) >= 11 is 0. The van der Waals surface area contributed by atoms with Crippen LogP contribution in [0.3, 0.4) is 0 Å². The molecule has 2 aromatic rings. The molecule has 0 fully saturated rings. The molecule has 0 bridgehead atoms. The number of amides is 1. The number of hydrogen-bond acceptors (Lipinski definition) is 5. The zero-order chi connectivity index (χ0) is 18.4. The molecular formula is C16H19FN4O4. The molecule has 0 saturated carbocycles. The highest BCUT2D eigenvalue weighted by Crippen LogP contribution is 2.19. The number of carbonyl (C=O) groups is 2. The Balaban J connectivity index is 2.12. The van der Waals surface area contributed by atoms with Crippen molar-refractivity contribution in [2.45, 2.75) is 19.8 Å². The van der Waals surface area contributed by atoms with Gasteiger partial charge in [-0.05, 0) is 12.1 Å². The van der Waals surface area contributed by atoms with E-state index in [2.05, 4.69) is 15.4 Å². The molecule has 0 atom stereocenters. The van der Waals surface area contributed by atoms with Gasteiger partial charge in [-0.15, -0.1) is 5.10 Å². The first kappa shape index (κ1) is 18.5. The van der Waals surface area contributed by atoms with Gasteiger partial charge in [0.25, 0.3) is 5.91 Å². The Labute approximate surface area is 143 Å². The number of aliphatic carboxylic acids is 1. The maximum atomic E-state index is 14.0. The maximum Gasteiger partial charge on any atom is 0.329 e. The first-order valence-corrected chi connectivity index (χ1v) is 7.69. The lowest BCUT2D eigenvalue weighted by atomic mass is 10.2. The molecule has 0 saturated heterocycles. The number of aromatic nitrogens is 3. The van der Waals surface area contributed by atoms with Gasteiger partial charge in [0.15, 0.2) is 0 Å². The Hall–Kier alpha value is -2.81. The second-order valence-corrected chi connectivity index (χ2v) is 5.51. The summed E-state index contributed by atoms with van der Waals surface area (Å²) in [5, 5.41) is 15.1. The fourth-order valence-electron chi connectivity index (χ4n) is 2.07. The summed E-state index contributed by atoms with van der Waals surface area (Å²) in [6.07, 6.45) is 0. The van der Waals surface area contributed by atoms with Crippen molar-refractivity contribution in [3.8, 4) is 5.69 Å². The highest BCUT2D eigenvalue weighted by Gasteiger charge is 2.20. The van der Waals surface area contributed by atoms with Crippen molar-refractivity contribution in [1.29, 1.82) is 0 Å². The molecule has 0 unspecified atom stereocenters. The smallest absolute Gasteiger partial charge is 0.329 e. The van der Waals surface area contributed by atoms with Crippen molar-refractivity contribution >= 4 is 11.9 Å². The Morgan fingerprint density at radius 2 is 2.08 bits per heavy atom. The van der Waals surface area contributed by atoms with E-state index in [9.17, 15) is 14.0 Å². The Morgan fingerprint density at radius 1 is 1.36 bits per heavy atom. The highest BCUT2D eigenvalue weighted by molar-refractivity contribution is 5.90. The predicted octanol–water partition coefficient (Wildman–Crippen LogP) is 1.36. The number of carboxylic acids is 1. The molecule has 0 radical (unpaired) electrons. The highest BCUT2D eigenvalue weighted by atomic mass is 19.1. The molecule has 8 nitrogen and oxygen atoms in total. The number of carboxylic acid groups (broad SMARTS) is 1. The van der Waals surface area contributed by atoms with Crippen LogP contribution in [0.5, 0.6) is 0 Å². The van der Waals surface area contributed by atoms with Gasteiger partial charge in [0, 0.05) is 12.5 Å². The minimum Gasteiger partial charge on any atom is -0.480 e. The van der Waals surface area contributed by atoms with Crippen LogP contribution in [0.4, 0.5) is 4.39 Å². The van der Waals surface area contributed by atoms with Crippen LogP contribution in [0.25, 0.3) is 5.69 Å². The molecule has 1 aromatic heterocycles. The van der Waals surface area contributed by atoms with Crippen molar-refractivity contribution in [1.82, 2.24) is 20.1 Å². The predicted molar refractivity (Wildman–Crippen MR) is 86.2 cm³/mol. The minimum absolute atomic E-state index is 0.0447. The van der Waals surface area contributed by atoms with E-state index in [1.807, 2.05) is 13.8 Å². The summed E-state index contributed by atoms with van der Waals surface area (Å²) in [5.41, 5.74) is 0.211. The Kier molecular flexibility index (Phi) is 6.18. The van der Waals surface area contributed by atoms with E-state index in [-0.39, 0.29) is 30.6 Å². The molecule has 2 rings (SSSR count). The van der Waals surface area contributed by atoms with Crippen molar-refractivity contribution in [2.75, 3.05) is 19.8 Å². The van der Waals surface area contributed by atoms with E-state index >= 15 is 0 Å². The molecule has 0 aliphatic rings. The van der Waals surface area contributed by atoms with E-state index < -0.39 is 24.3 Å². The molecule has 0 spiro atoms. The first-order chi connectivity index (χ1) is 11.9. The number of carbonyl (C=O) groups excluding carboxylic acids is 1. The summed E-state index contributed by atoms with van der Waals surface area (Å²) in [7, 11) is 0. The third kappa shape index (κ3) is 4.83. The topological polar surface area (TPSA) is 106 Å². The average Bonchev–Trinajstić information content (AvgIpc) is 3.00. The molecule has 0 aliphatic heterocycles. The molecule has 1 aromatic carbocycles. The molecule has 1 amide bonds. The molecule has 9 heteroatoms. The molecule has 134 valence electrons.